The highest BCUT2D eigenvalue weighted by Gasteiger charge is 2.34. The van der Waals surface area contributed by atoms with Gasteiger partial charge in [-0.2, -0.15) is 0 Å². The highest BCUT2D eigenvalue weighted by Crippen LogP contribution is 2.44. The van der Waals surface area contributed by atoms with E-state index in [4.69, 9.17) is 0 Å². The Hall–Kier alpha value is -3.05. The van der Waals surface area contributed by atoms with E-state index in [1.807, 2.05) is 32.2 Å². The van der Waals surface area contributed by atoms with E-state index in [-0.39, 0.29) is 17.5 Å². The molecule has 3 heterocycles. The lowest BCUT2D eigenvalue weighted by atomic mass is 9.77. The Balaban J connectivity index is 1.96. The number of aromatic nitrogens is 1. The molecule has 0 aliphatic carbocycles. The largest absolute Gasteiger partial charge is 0.362 e. The summed E-state index contributed by atoms with van der Waals surface area (Å²) in [5, 5.41) is 6.39. The third-order valence-corrected chi connectivity index (χ3v) is 6.41. The molecule has 0 saturated carbocycles. The molecule has 0 radical (unpaired) electrons. The van der Waals surface area contributed by atoms with E-state index in [9.17, 15) is 9.59 Å². The molecule has 1 aromatic carbocycles. The van der Waals surface area contributed by atoms with Crippen LogP contribution in [0.1, 0.15) is 39.2 Å². The van der Waals surface area contributed by atoms with E-state index >= 15 is 0 Å². The number of thiophene rings is 1. The summed E-state index contributed by atoms with van der Waals surface area (Å²) in [6.07, 6.45) is 3.60. The number of carbonyl (C=O) groups is 2. The molecule has 0 amide bonds. The first-order chi connectivity index (χ1) is 13.9. The monoisotopic (exact) mass is 402 g/mol. The first-order valence-electron chi connectivity index (χ1n) is 9.50. The number of nitrogens with one attached hydrogen (secondary N) is 1. The van der Waals surface area contributed by atoms with Gasteiger partial charge in [0.25, 0.3) is 0 Å². The summed E-state index contributed by atoms with van der Waals surface area (Å²) >= 11 is 1.64. The number of carbonyl (C=O) groups excluding carboxylic acids is 2. The van der Waals surface area contributed by atoms with Gasteiger partial charge in [0.15, 0.2) is 11.6 Å². The molecule has 0 saturated heterocycles. The normalized spacial score (nSPS) is 15.0. The lowest BCUT2D eigenvalue weighted by molar-refractivity contribution is -0.114. The summed E-state index contributed by atoms with van der Waals surface area (Å²) in [4.78, 5) is 29.4. The van der Waals surface area contributed by atoms with Crippen molar-refractivity contribution in [2.75, 3.05) is 0 Å². The summed E-state index contributed by atoms with van der Waals surface area (Å²) in [6.45, 7) is 6.95. The van der Waals surface area contributed by atoms with Crippen molar-refractivity contribution in [3.63, 3.8) is 0 Å². The van der Waals surface area contributed by atoms with Crippen molar-refractivity contribution in [2.45, 2.75) is 33.6 Å². The Bertz CT molecular complexity index is 1170. The zero-order valence-electron chi connectivity index (χ0n) is 16.9. The molecule has 146 valence electrons. The van der Waals surface area contributed by atoms with Crippen LogP contribution in [-0.2, 0) is 9.59 Å². The number of rotatable bonds is 4. The first kappa shape index (κ1) is 19.3. The van der Waals surface area contributed by atoms with Crippen LogP contribution in [0.4, 0.5) is 0 Å². The summed E-state index contributed by atoms with van der Waals surface area (Å²) in [5.41, 5.74) is 6.05. The molecule has 3 aromatic rings. The molecule has 1 aliphatic rings. The predicted octanol–water partition coefficient (Wildman–Crippen LogP) is 5.38. The van der Waals surface area contributed by atoms with Crippen molar-refractivity contribution in [2.24, 2.45) is 0 Å². The van der Waals surface area contributed by atoms with Crippen LogP contribution in [0.15, 0.2) is 70.6 Å². The highest BCUT2D eigenvalue weighted by molar-refractivity contribution is 7.17. The minimum atomic E-state index is -0.357. The van der Waals surface area contributed by atoms with Gasteiger partial charge in [-0.05, 0) is 67.8 Å². The maximum absolute atomic E-state index is 12.6. The topological polar surface area (TPSA) is 59.1 Å². The molecule has 0 unspecified atom stereocenters. The van der Waals surface area contributed by atoms with Crippen LogP contribution in [0.3, 0.4) is 0 Å². The highest BCUT2D eigenvalue weighted by atomic mass is 32.1. The summed E-state index contributed by atoms with van der Waals surface area (Å²) in [5.74, 6) is -0.396. The summed E-state index contributed by atoms with van der Waals surface area (Å²) < 4.78 is 1.13. The van der Waals surface area contributed by atoms with Gasteiger partial charge in [0.1, 0.15) is 0 Å². The third-order valence-electron chi connectivity index (χ3n) is 5.43. The van der Waals surface area contributed by atoms with E-state index in [1.54, 1.807) is 31.4 Å². The molecule has 0 atom stereocenters. The number of nitrogens with zero attached hydrogens (tertiary/aromatic N) is 1. The van der Waals surface area contributed by atoms with Gasteiger partial charge in [0.2, 0.25) is 0 Å². The lowest BCUT2D eigenvalue weighted by Crippen LogP contribution is -2.29. The van der Waals surface area contributed by atoms with Gasteiger partial charge in [-0.25, -0.2) is 0 Å². The van der Waals surface area contributed by atoms with Crippen LogP contribution in [0.25, 0.3) is 21.2 Å². The maximum Gasteiger partial charge on any atom is 0.158 e. The molecule has 0 spiro atoms. The fraction of sp³-hybridized carbons (Fsp3) is 0.208. The maximum atomic E-state index is 12.6. The molecule has 1 aliphatic heterocycles. The minimum Gasteiger partial charge on any atom is -0.362 e. The zero-order chi connectivity index (χ0) is 20.7. The van der Waals surface area contributed by atoms with Gasteiger partial charge < -0.3 is 5.32 Å². The Morgan fingerprint density at radius 2 is 1.69 bits per heavy atom. The molecule has 4 rings (SSSR count). The van der Waals surface area contributed by atoms with Gasteiger partial charge in [0.05, 0.1) is 0 Å². The third kappa shape index (κ3) is 3.32. The van der Waals surface area contributed by atoms with Crippen LogP contribution in [0, 0.1) is 0 Å². The van der Waals surface area contributed by atoms with Gasteiger partial charge >= 0.3 is 0 Å². The number of hydrogen-bond acceptors (Lipinski definition) is 5. The zero-order valence-corrected chi connectivity index (χ0v) is 17.7. The average molecular weight is 403 g/mol. The van der Waals surface area contributed by atoms with Crippen LogP contribution < -0.4 is 5.32 Å². The first-order valence-corrected chi connectivity index (χ1v) is 10.4. The number of hydrogen-bond donors (Lipinski definition) is 1. The fourth-order valence-corrected chi connectivity index (χ4v) is 5.19. The van der Waals surface area contributed by atoms with E-state index < -0.39 is 0 Å². The number of pyridine rings is 1. The van der Waals surface area contributed by atoms with Gasteiger partial charge in [-0.15, -0.1) is 11.3 Å². The predicted molar refractivity (Wildman–Crippen MR) is 118 cm³/mol. The second-order valence-electron chi connectivity index (χ2n) is 7.39. The summed E-state index contributed by atoms with van der Waals surface area (Å²) in [6, 6.07) is 10.3. The Morgan fingerprint density at radius 1 is 1.00 bits per heavy atom. The van der Waals surface area contributed by atoms with Crippen molar-refractivity contribution >= 4 is 33.0 Å². The molecule has 2 aromatic heterocycles. The minimum absolute atomic E-state index is 0.0194. The Kier molecular flexibility index (Phi) is 4.92. The smallest absolute Gasteiger partial charge is 0.158 e. The van der Waals surface area contributed by atoms with Gasteiger partial charge in [0, 0.05) is 51.1 Å². The number of dihydropyridines is 1. The van der Waals surface area contributed by atoms with E-state index in [2.05, 4.69) is 33.9 Å². The molecule has 0 fully saturated rings. The van der Waals surface area contributed by atoms with E-state index in [0.717, 1.165) is 38.2 Å². The SMILES string of the molecule is CC(=O)C1=C(C)NC(C)=C(C(C)=O)C1c1csc2ccc(-c3cccnc3)cc12. The summed E-state index contributed by atoms with van der Waals surface area (Å²) in [7, 11) is 0. The van der Waals surface area contributed by atoms with Crippen LogP contribution in [-0.4, -0.2) is 16.6 Å². The van der Waals surface area contributed by atoms with E-state index in [0.29, 0.717) is 11.1 Å². The van der Waals surface area contributed by atoms with Crippen molar-refractivity contribution in [3.05, 3.63) is 76.2 Å². The van der Waals surface area contributed by atoms with Crippen molar-refractivity contribution in [3.8, 4) is 11.1 Å². The molecule has 1 N–H and O–H groups in total. The molecule has 29 heavy (non-hydrogen) atoms. The second kappa shape index (κ2) is 7.41. The molecule has 5 heteroatoms. The van der Waals surface area contributed by atoms with Crippen molar-refractivity contribution < 1.29 is 9.59 Å². The Labute approximate surface area is 174 Å². The number of ketones is 2. The Morgan fingerprint density at radius 3 is 2.28 bits per heavy atom. The van der Waals surface area contributed by atoms with Crippen molar-refractivity contribution in [1.29, 1.82) is 0 Å². The fourth-order valence-electron chi connectivity index (χ4n) is 4.22. The quantitative estimate of drug-likeness (QED) is 0.637. The number of allylic oxidation sites excluding steroid dienone is 4. The van der Waals surface area contributed by atoms with Gasteiger partial charge in [-0.1, -0.05) is 12.1 Å². The average Bonchev–Trinajstić information content (AvgIpc) is 3.10. The standard InChI is InChI=1S/C24H22N2O2S/c1-13-22(15(3)27)24(23(16(4)28)14(2)26-13)20-12-29-21-8-7-17(10-19(20)21)18-6-5-9-25-11-18/h5-12,24,26H,1-4H3. The van der Waals surface area contributed by atoms with Gasteiger partial charge in [-0.3, -0.25) is 14.6 Å². The van der Waals surface area contributed by atoms with Crippen molar-refractivity contribution in [1.82, 2.24) is 10.3 Å². The van der Waals surface area contributed by atoms with Crippen LogP contribution in [0.5, 0.6) is 0 Å². The van der Waals surface area contributed by atoms with Crippen LogP contribution >= 0.6 is 11.3 Å². The molecular weight excluding hydrogens is 380 g/mol. The molecular formula is C24H22N2O2S. The number of Topliss-reactive ketones (excluding diaryl/α,β-unsaturated/α-hetero) is 2. The second-order valence-corrected chi connectivity index (χ2v) is 8.30. The molecule has 0 bridgehead atoms. The van der Waals surface area contributed by atoms with Crippen LogP contribution in [0.2, 0.25) is 0 Å². The van der Waals surface area contributed by atoms with E-state index in [1.165, 1.54) is 0 Å². The number of fused-ring (bicyclic) bond motifs is 1. The molecule has 4 nitrogen and oxygen atoms in total. The lowest BCUT2D eigenvalue weighted by Gasteiger charge is -2.30. The number of benzene rings is 1.